The lowest BCUT2D eigenvalue weighted by atomic mass is 9.90. The van der Waals surface area contributed by atoms with E-state index in [9.17, 15) is 4.39 Å². The summed E-state index contributed by atoms with van der Waals surface area (Å²) < 4.78 is 13.6. The van der Waals surface area contributed by atoms with Crippen molar-refractivity contribution in [1.82, 2.24) is 5.43 Å². The summed E-state index contributed by atoms with van der Waals surface area (Å²) in [7, 11) is 0. The fourth-order valence-corrected chi connectivity index (χ4v) is 2.92. The molecule has 0 spiro atoms. The molecule has 0 radical (unpaired) electrons. The number of rotatable bonds is 3. The van der Waals surface area contributed by atoms with Crippen molar-refractivity contribution in [2.75, 3.05) is 0 Å². The van der Waals surface area contributed by atoms with Gasteiger partial charge in [0, 0.05) is 0 Å². The van der Waals surface area contributed by atoms with Crippen LogP contribution >= 0.6 is 0 Å². The molecule has 1 atom stereocenters. The van der Waals surface area contributed by atoms with Crippen molar-refractivity contribution in [2.24, 2.45) is 5.84 Å². The second kappa shape index (κ2) is 5.73. The number of nitrogens with two attached hydrogens (primary N) is 1. The van der Waals surface area contributed by atoms with Crippen LogP contribution in [-0.2, 0) is 0 Å². The van der Waals surface area contributed by atoms with E-state index in [2.05, 4.69) is 38.3 Å². The van der Waals surface area contributed by atoms with E-state index >= 15 is 0 Å². The highest BCUT2D eigenvalue weighted by Crippen LogP contribution is 2.29. The molecule has 0 saturated heterocycles. The molecule has 3 N–H and O–H groups in total. The fourth-order valence-electron chi connectivity index (χ4n) is 2.92. The molecule has 0 heterocycles. The van der Waals surface area contributed by atoms with Crippen molar-refractivity contribution < 1.29 is 4.39 Å². The number of benzene rings is 2. The Kier molecular flexibility index (Phi) is 4.21. The zero-order valence-electron chi connectivity index (χ0n) is 12.4. The monoisotopic (exact) mass is 272 g/mol. The lowest BCUT2D eigenvalue weighted by Gasteiger charge is -2.22. The van der Waals surface area contributed by atoms with Gasteiger partial charge in [0.05, 0.1) is 6.04 Å². The minimum Gasteiger partial charge on any atom is -0.271 e. The first-order valence-corrected chi connectivity index (χ1v) is 6.73. The fraction of sp³-hybridized carbons (Fsp3) is 0.294. The van der Waals surface area contributed by atoms with Crippen molar-refractivity contribution in [3.8, 4) is 0 Å². The van der Waals surface area contributed by atoms with Crippen LogP contribution in [0.3, 0.4) is 0 Å². The first kappa shape index (κ1) is 14.7. The Labute approximate surface area is 119 Å². The number of hydrogen-bond donors (Lipinski definition) is 2. The van der Waals surface area contributed by atoms with Gasteiger partial charge in [-0.3, -0.25) is 5.84 Å². The summed E-state index contributed by atoms with van der Waals surface area (Å²) in [5.41, 5.74) is 9.21. The van der Waals surface area contributed by atoms with Crippen molar-refractivity contribution in [3.05, 3.63) is 69.5 Å². The third-order valence-electron chi connectivity index (χ3n) is 3.59. The Hall–Kier alpha value is -1.71. The highest BCUT2D eigenvalue weighted by Gasteiger charge is 2.18. The summed E-state index contributed by atoms with van der Waals surface area (Å²) in [6.45, 7) is 8.08. The lowest BCUT2D eigenvalue weighted by molar-refractivity contribution is 0.601. The third-order valence-corrected chi connectivity index (χ3v) is 3.59. The Morgan fingerprint density at radius 3 is 1.95 bits per heavy atom. The molecule has 2 rings (SSSR count). The Bertz CT molecular complexity index is 592. The highest BCUT2D eigenvalue weighted by atomic mass is 19.1. The molecule has 0 fully saturated rings. The molecule has 0 aliphatic rings. The standard InChI is InChI=1S/C17H21FN2/c1-10-5-12(3)16(13(4)6-10)17(20-19)14-7-11(2)8-15(18)9-14/h5-9,17,20H,19H2,1-4H3. The topological polar surface area (TPSA) is 38.0 Å². The molecule has 1 unspecified atom stereocenters. The number of hydrazine groups is 1. The van der Waals surface area contributed by atoms with Crippen molar-refractivity contribution in [3.63, 3.8) is 0 Å². The number of halogens is 1. The van der Waals surface area contributed by atoms with E-state index in [4.69, 9.17) is 5.84 Å². The van der Waals surface area contributed by atoms with E-state index in [1.165, 1.54) is 17.7 Å². The Balaban J connectivity index is 2.58. The molecule has 0 amide bonds. The molecule has 0 aliphatic carbocycles. The van der Waals surface area contributed by atoms with Gasteiger partial charge in [-0.15, -0.1) is 0 Å². The van der Waals surface area contributed by atoms with Crippen molar-refractivity contribution in [2.45, 2.75) is 33.7 Å². The third kappa shape index (κ3) is 2.89. The van der Waals surface area contributed by atoms with Gasteiger partial charge in [0.15, 0.2) is 0 Å². The molecule has 0 bridgehead atoms. The first-order chi connectivity index (χ1) is 9.42. The van der Waals surface area contributed by atoms with Gasteiger partial charge in [0.2, 0.25) is 0 Å². The van der Waals surface area contributed by atoms with Crippen molar-refractivity contribution >= 4 is 0 Å². The second-order valence-corrected chi connectivity index (χ2v) is 5.47. The zero-order chi connectivity index (χ0) is 14.9. The van der Waals surface area contributed by atoms with Gasteiger partial charge < -0.3 is 0 Å². The van der Waals surface area contributed by atoms with E-state index in [0.717, 1.165) is 27.8 Å². The van der Waals surface area contributed by atoms with E-state index < -0.39 is 0 Å². The van der Waals surface area contributed by atoms with Crippen LogP contribution in [0, 0.1) is 33.5 Å². The quantitative estimate of drug-likeness (QED) is 0.661. The van der Waals surface area contributed by atoms with Crippen LogP contribution in [0.4, 0.5) is 4.39 Å². The molecule has 2 nitrogen and oxygen atoms in total. The molecular weight excluding hydrogens is 251 g/mol. The SMILES string of the molecule is Cc1cc(F)cc(C(NN)c2c(C)cc(C)cc2C)c1. The summed E-state index contributed by atoms with van der Waals surface area (Å²) >= 11 is 0. The maximum Gasteiger partial charge on any atom is 0.123 e. The molecule has 106 valence electrons. The van der Waals surface area contributed by atoms with Crippen LogP contribution in [0.1, 0.15) is 39.4 Å². The molecule has 0 saturated carbocycles. The van der Waals surface area contributed by atoms with Crippen LogP contribution < -0.4 is 11.3 Å². The van der Waals surface area contributed by atoms with Crippen LogP contribution in [0.2, 0.25) is 0 Å². The second-order valence-electron chi connectivity index (χ2n) is 5.47. The predicted molar refractivity (Wildman–Crippen MR) is 81.0 cm³/mol. The van der Waals surface area contributed by atoms with Crippen LogP contribution in [-0.4, -0.2) is 0 Å². The Morgan fingerprint density at radius 2 is 1.45 bits per heavy atom. The average Bonchev–Trinajstić information content (AvgIpc) is 2.32. The van der Waals surface area contributed by atoms with E-state index in [1.807, 2.05) is 13.0 Å². The molecule has 2 aromatic carbocycles. The lowest BCUT2D eigenvalue weighted by Crippen LogP contribution is -2.30. The zero-order valence-corrected chi connectivity index (χ0v) is 12.4. The summed E-state index contributed by atoms with van der Waals surface area (Å²) in [4.78, 5) is 0. The smallest absolute Gasteiger partial charge is 0.123 e. The minimum absolute atomic E-state index is 0.204. The van der Waals surface area contributed by atoms with Gasteiger partial charge in [-0.2, -0.15) is 0 Å². The van der Waals surface area contributed by atoms with E-state index in [-0.39, 0.29) is 11.9 Å². The van der Waals surface area contributed by atoms with Gasteiger partial charge in [0.1, 0.15) is 5.82 Å². The summed E-state index contributed by atoms with van der Waals surface area (Å²) in [6, 6.07) is 9.07. The van der Waals surface area contributed by atoms with Crippen LogP contribution in [0.5, 0.6) is 0 Å². The van der Waals surface area contributed by atoms with Crippen molar-refractivity contribution in [1.29, 1.82) is 0 Å². The van der Waals surface area contributed by atoms with Crippen LogP contribution in [0.25, 0.3) is 0 Å². The number of hydrogen-bond acceptors (Lipinski definition) is 2. The first-order valence-electron chi connectivity index (χ1n) is 6.73. The van der Waals surface area contributed by atoms with Gasteiger partial charge >= 0.3 is 0 Å². The molecule has 3 heteroatoms. The van der Waals surface area contributed by atoms with E-state index in [0.29, 0.717) is 0 Å². The summed E-state index contributed by atoms with van der Waals surface area (Å²) in [5, 5.41) is 0. The predicted octanol–water partition coefficient (Wildman–Crippen LogP) is 3.61. The maximum absolute atomic E-state index is 13.6. The minimum atomic E-state index is -0.234. The maximum atomic E-state index is 13.6. The molecule has 20 heavy (non-hydrogen) atoms. The molecule has 2 aromatic rings. The largest absolute Gasteiger partial charge is 0.271 e. The number of aryl methyl sites for hydroxylation is 4. The van der Waals surface area contributed by atoms with Gasteiger partial charge in [-0.25, -0.2) is 9.82 Å². The summed E-state index contributed by atoms with van der Waals surface area (Å²) in [6.07, 6.45) is 0. The normalized spacial score (nSPS) is 12.5. The Morgan fingerprint density at radius 1 is 0.900 bits per heavy atom. The highest BCUT2D eigenvalue weighted by molar-refractivity contribution is 5.44. The van der Waals surface area contributed by atoms with Gasteiger partial charge in [-0.05, 0) is 67.6 Å². The van der Waals surface area contributed by atoms with E-state index in [1.54, 1.807) is 0 Å². The molecule has 0 aromatic heterocycles. The van der Waals surface area contributed by atoms with Gasteiger partial charge in [-0.1, -0.05) is 23.8 Å². The molecule has 0 aliphatic heterocycles. The number of nitrogens with one attached hydrogen (secondary N) is 1. The van der Waals surface area contributed by atoms with Gasteiger partial charge in [0.25, 0.3) is 0 Å². The molecular formula is C17H21FN2. The summed E-state index contributed by atoms with van der Waals surface area (Å²) in [5.74, 6) is 5.51. The van der Waals surface area contributed by atoms with Crippen LogP contribution in [0.15, 0.2) is 30.3 Å². The average molecular weight is 272 g/mol.